The van der Waals surface area contributed by atoms with Crippen LogP contribution in [0.2, 0.25) is 0 Å². The molecular formula is C24H27N5O7. The molecule has 1 heterocycles. The second-order valence-electron chi connectivity index (χ2n) is 8.34. The summed E-state index contributed by atoms with van der Waals surface area (Å²) < 4.78 is 10.1. The highest BCUT2D eigenvalue weighted by Crippen LogP contribution is 2.36. The van der Waals surface area contributed by atoms with Crippen molar-refractivity contribution in [2.45, 2.75) is 26.3 Å². The molecule has 12 nitrogen and oxygen atoms in total. The smallest absolute Gasteiger partial charge is 0.407 e. The molecule has 0 saturated carbocycles. The van der Waals surface area contributed by atoms with Crippen LogP contribution >= 0.6 is 0 Å². The number of nitrogens with zero attached hydrogens (tertiary/aromatic N) is 2. The maximum atomic E-state index is 12.9. The monoisotopic (exact) mass is 497 g/mol. The Morgan fingerprint density at radius 2 is 2.03 bits per heavy atom. The van der Waals surface area contributed by atoms with E-state index in [1.165, 1.54) is 13.2 Å². The summed E-state index contributed by atoms with van der Waals surface area (Å²) in [5.41, 5.74) is 3.66. The van der Waals surface area contributed by atoms with Gasteiger partial charge in [0.05, 0.1) is 24.9 Å². The van der Waals surface area contributed by atoms with E-state index >= 15 is 0 Å². The Balaban J connectivity index is 1.78. The summed E-state index contributed by atoms with van der Waals surface area (Å²) in [5, 5.41) is 28.4. The Morgan fingerprint density at radius 1 is 1.28 bits per heavy atom. The first-order chi connectivity index (χ1) is 17.2. The van der Waals surface area contributed by atoms with Crippen LogP contribution in [-0.2, 0) is 16.0 Å². The van der Waals surface area contributed by atoms with Crippen molar-refractivity contribution >= 4 is 34.8 Å². The number of methoxy groups -OCH3 is 1. The maximum Gasteiger partial charge on any atom is 0.407 e. The van der Waals surface area contributed by atoms with Gasteiger partial charge in [0.1, 0.15) is 6.04 Å². The number of nitrogens with one attached hydrogen (secondary N) is 3. The molecule has 0 bridgehead atoms. The lowest BCUT2D eigenvalue weighted by molar-refractivity contribution is -0.386. The lowest BCUT2D eigenvalue weighted by Gasteiger charge is -2.17. The zero-order valence-electron chi connectivity index (χ0n) is 20.0. The van der Waals surface area contributed by atoms with Crippen LogP contribution in [0.5, 0.6) is 11.5 Å². The van der Waals surface area contributed by atoms with Crippen molar-refractivity contribution in [3.05, 3.63) is 63.8 Å². The lowest BCUT2D eigenvalue weighted by Crippen LogP contribution is -2.47. The van der Waals surface area contributed by atoms with Gasteiger partial charge < -0.3 is 24.9 Å². The number of ether oxygens (including phenoxy) is 2. The minimum Gasteiger partial charge on any atom is -0.500 e. The zero-order valence-corrected chi connectivity index (χ0v) is 20.0. The topological polar surface area (TPSA) is 168 Å². The predicted molar refractivity (Wildman–Crippen MR) is 132 cm³/mol. The van der Waals surface area contributed by atoms with Gasteiger partial charge in [-0.25, -0.2) is 10.2 Å². The van der Waals surface area contributed by atoms with Gasteiger partial charge in [0.25, 0.3) is 5.91 Å². The molecule has 4 N–H and O–H groups in total. The van der Waals surface area contributed by atoms with Crippen molar-refractivity contribution in [2.24, 2.45) is 11.0 Å². The number of amides is 2. The van der Waals surface area contributed by atoms with Crippen LogP contribution in [-0.4, -0.2) is 53.0 Å². The van der Waals surface area contributed by atoms with Gasteiger partial charge in [0.2, 0.25) is 5.75 Å². The molecule has 0 aliphatic heterocycles. The van der Waals surface area contributed by atoms with Crippen LogP contribution in [0.1, 0.15) is 25.0 Å². The Bertz CT molecular complexity index is 1290. The molecule has 2 amide bonds. The van der Waals surface area contributed by atoms with E-state index in [0.29, 0.717) is 0 Å². The van der Waals surface area contributed by atoms with E-state index in [0.717, 1.165) is 28.7 Å². The number of carbonyl (C=O) groups is 2. The molecule has 2 aromatic carbocycles. The fourth-order valence-corrected chi connectivity index (χ4v) is 3.39. The van der Waals surface area contributed by atoms with Crippen LogP contribution in [0, 0.1) is 16.0 Å². The highest BCUT2D eigenvalue weighted by atomic mass is 16.6. The van der Waals surface area contributed by atoms with Crippen molar-refractivity contribution in [1.29, 1.82) is 0 Å². The fraction of sp³-hybridized carbons (Fsp3) is 0.292. The molecule has 0 fully saturated rings. The number of hydrogen-bond donors (Lipinski definition) is 4. The predicted octanol–water partition coefficient (Wildman–Crippen LogP) is 3.23. The summed E-state index contributed by atoms with van der Waals surface area (Å²) >= 11 is 0. The number of rotatable bonds is 10. The molecule has 3 aromatic rings. The number of fused-ring (bicyclic) bond motifs is 1. The maximum absolute atomic E-state index is 12.9. The number of aromatic hydroxyl groups is 1. The molecule has 0 spiro atoms. The number of nitro benzene ring substituents is 1. The number of nitro groups is 1. The molecule has 1 aromatic heterocycles. The van der Waals surface area contributed by atoms with Crippen molar-refractivity contribution in [3.8, 4) is 11.5 Å². The highest BCUT2D eigenvalue weighted by molar-refractivity contribution is 5.90. The second-order valence-corrected chi connectivity index (χ2v) is 8.34. The van der Waals surface area contributed by atoms with Gasteiger partial charge in [-0.05, 0) is 23.6 Å². The number of para-hydroxylation sites is 1. The van der Waals surface area contributed by atoms with E-state index in [4.69, 9.17) is 9.47 Å². The minimum absolute atomic E-state index is 0.118. The number of phenolic OH excluding ortho intramolecular Hbond substituents is 1. The van der Waals surface area contributed by atoms with E-state index in [1.807, 2.05) is 38.1 Å². The first-order valence-electron chi connectivity index (χ1n) is 11.1. The zero-order chi connectivity index (χ0) is 26.2. The Hall–Kier alpha value is -4.61. The first kappa shape index (κ1) is 26.0. The SMILES string of the molecule is COc1cc(/C=N\NC(=O)[C@H](Cc2c[nH]c3ccccc23)NC(=O)OCC(C)C)cc([N+](=O)[O-])c1O. The van der Waals surface area contributed by atoms with Crippen molar-refractivity contribution in [3.63, 3.8) is 0 Å². The van der Waals surface area contributed by atoms with Crippen LogP contribution in [0.3, 0.4) is 0 Å². The normalized spacial score (nSPS) is 12.0. The average molecular weight is 498 g/mol. The Kier molecular flexibility index (Phi) is 8.44. The number of benzene rings is 2. The van der Waals surface area contributed by atoms with Crippen LogP contribution in [0.25, 0.3) is 10.9 Å². The number of aromatic amines is 1. The minimum atomic E-state index is -1.02. The molecule has 0 radical (unpaired) electrons. The van der Waals surface area contributed by atoms with Gasteiger partial charge in [-0.2, -0.15) is 5.10 Å². The summed E-state index contributed by atoms with van der Waals surface area (Å²) in [5.74, 6) is -1.25. The number of hydrazone groups is 1. The van der Waals surface area contributed by atoms with Crippen LogP contribution in [0.4, 0.5) is 10.5 Å². The summed E-state index contributed by atoms with van der Waals surface area (Å²) in [4.78, 5) is 38.8. The molecule has 0 unspecified atom stereocenters. The molecular weight excluding hydrogens is 470 g/mol. The summed E-state index contributed by atoms with van der Waals surface area (Å²) in [7, 11) is 1.25. The first-order valence-corrected chi connectivity index (χ1v) is 11.1. The van der Waals surface area contributed by atoms with Gasteiger partial charge in [0.15, 0.2) is 5.75 Å². The van der Waals surface area contributed by atoms with Gasteiger partial charge in [-0.3, -0.25) is 14.9 Å². The van der Waals surface area contributed by atoms with Crippen LogP contribution in [0.15, 0.2) is 47.7 Å². The van der Waals surface area contributed by atoms with Crippen molar-refractivity contribution in [1.82, 2.24) is 15.7 Å². The van der Waals surface area contributed by atoms with E-state index in [9.17, 15) is 24.8 Å². The average Bonchev–Trinajstić information content (AvgIpc) is 3.25. The number of aromatic nitrogens is 1. The third-order valence-corrected chi connectivity index (χ3v) is 5.14. The number of H-pyrrole nitrogens is 1. The summed E-state index contributed by atoms with van der Waals surface area (Å²) in [6.07, 6.45) is 2.33. The molecule has 0 aliphatic rings. The molecule has 3 rings (SSSR count). The third-order valence-electron chi connectivity index (χ3n) is 5.14. The standard InChI is InChI=1S/C24H27N5O7/c1-14(2)13-36-24(32)27-19(10-16-12-25-18-7-5-4-6-17(16)18)23(31)28-26-11-15-8-20(29(33)34)22(30)21(9-15)35-3/h4-9,11-12,14,19,25,30H,10,13H2,1-3H3,(H,27,32)(H,28,31)/b26-11-/t19-/m0/s1. The quantitative estimate of drug-likeness (QED) is 0.189. The van der Waals surface area contributed by atoms with Gasteiger partial charge in [0, 0.05) is 35.2 Å². The van der Waals surface area contributed by atoms with E-state index < -0.39 is 34.4 Å². The van der Waals surface area contributed by atoms with E-state index in [2.05, 4.69) is 20.8 Å². The molecule has 190 valence electrons. The van der Waals surface area contributed by atoms with Crippen molar-refractivity contribution < 1.29 is 29.1 Å². The van der Waals surface area contributed by atoms with Gasteiger partial charge in [-0.1, -0.05) is 32.0 Å². The number of phenols is 1. The molecule has 0 aliphatic carbocycles. The third kappa shape index (κ3) is 6.50. The van der Waals surface area contributed by atoms with E-state index in [-0.39, 0.29) is 30.3 Å². The number of alkyl carbamates (subject to hydrolysis) is 1. The van der Waals surface area contributed by atoms with Crippen LogP contribution < -0.4 is 15.5 Å². The Labute approximate surface area is 206 Å². The molecule has 0 saturated heterocycles. The van der Waals surface area contributed by atoms with Crippen molar-refractivity contribution in [2.75, 3.05) is 13.7 Å². The summed E-state index contributed by atoms with van der Waals surface area (Å²) in [6, 6.07) is 8.93. The second kappa shape index (κ2) is 11.7. The number of carbonyl (C=O) groups excluding carboxylic acids is 2. The lowest BCUT2D eigenvalue weighted by atomic mass is 10.0. The summed E-state index contributed by atoms with van der Waals surface area (Å²) in [6.45, 7) is 3.97. The molecule has 12 heteroatoms. The highest BCUT2D eigenvalue weighted by Gasteiger charge is 2.24. The number of hydrogen-bond acceptors (Lipinski definition) is 8. The van der Waals surface area contributed by atoms with Gasteiger partial charge >= 0.3 is 11.8 Å². The van der Waals surface area contributed by atoms with Gasteiger partial charge in [-0.15, -0.1) is 0 Å². The fourth-order valence-electron chi connectivity index (χ4n) is 3.39. The molecule has 1 atom stereocenters. The Morgan fingerprint density at radius 3 is 2.72 bits per heavy atom. The molecule has 36 heavy (non-hydrogen) atoms. The van der Waals surface area contributed by atoms with E-state index in [1.54, 1.807) is 6.20 Å². The largest absolute Gasteiger partial charge is 0.500 e.